The highest BCUT2D eigenvalue weighted by Gasteiger charge is 2.28. The first-order chi connectivity index (χ1) is 14.6. The van der Waals surface area contributed by atoms with Gasteiger partial charge in [0.05, 0.1) is 22.8 Å². The molecule has 0 spiro atoms. The minimum atomic E-state index is -3.67. The maximum absolute atomic E-state index is 13.1. The third-order valence-corrected chi connectivity index (χ3v) is 6.65. The number of para-hydroxylation sites is 1. The van der Waals surface area contributed by atoms with Crippen LogP contribution in [0.2, 0.25) is 0 Å². The van der Waals surface area contributed by atoms with E-state index in [1.54, 1.807) is 48.8 Å². The van der Waals surface area contributed by atoms with Gasteiger partial charge in [-0.05, 0) is 30.3 Å². The Kier molecular flexibility index (Phi) is 5.72. The number of pyridine rings is 2. The summed E-state index contributed by atoms with van der Waals surface area (Å²) in [4.78, 5) is 14.1. The summed E-state index contributed by atoms with van der Waals surface area (Å²) in [5, 5.41) is 9.71. The van der Waals surface area contributed by atoms with Crippen LogP contribution in [0.1, 0.15) is 17.7 Å². The van der Waals surface area contributed by atoms with E-state index in [9.17, 15) is 8.42 Å². The standard InChI is InChI=1S/C21H19N5O3S/c22-14-16-6-10-23-19(13-16)15-29-25-18-7-11-26(12-8-18)30(27,28)20-5-1-3-17-4-2-9-24-21(17)20/h1-7,9-10,13,25H,8,11-12,15H2. The Morgan fingerprint density at radius 1 is 1.17 bits per heavy atom. The van der Waals surface area contributed by atoms with Gasteiger partial charge in [0, 0.05) is 43.0 Å². The Morgan fingerprint density at radius 3 is 2.83 bits per heavy atom. The third kappa shape index (κ3) is 4.16. The highest BCUT2D eigenvalue weighted by molar-refractivity contribution is 7.89. The second-order valence-electron chi connectivity index (χ2n) is 6.71. The van der Waals surface area contributed by atoms with Gasteiger partial charge in [0.15, 0.2) is 0 Å². The number of nitrogens with one attached hydrogen (secondary N) is 1. The van der Waals surface area contributed by atoms with Crippen LogP contribution in [0.5, 0.6) is 0 Å². The number of fused-ring (bicyclic) bond motifs is 1. The average Bonchev–Trinajstić information content (AvgIpc) is 2.79. The second-order valence-corrected chi connectivity index (χ2v) is 8.62. The molecule has 3 heterocycles. The van der Waals surface area contributed by atoms with E-state index in [0.29, 0.717) is 29.7 Å². The lowest BCUT2D eigenvalue weighted by Crippen LogP contribution is -2.36. The Labute approximate surface area is 174 Å². The highest BCUT2D eigenvalue weighted by atomic mass is 32.2. The van der Waals surface area contributed by atoms with E-state index < -0.39 is 10.0 Å². The summed E-state index contributed by atoms with van der Waals surface area (Å²) >= 11 is 0. The minimum absolute atomic E-state index is 0.191. The predicted molar refractivity (Wildman–Crippen MR) is 110 cm³/mol. The van der Waals surface area contributed by atoms with Crippen molar-refractivity contribution in [1.29, 1.82) is 5.26 Å². The lowest BCUT2D eigenvalue weighted by molar-refractivity contribution is 0.0433. The molecule has 8 nitrogen and oxygen atoms in total. The summed E-state index contributed by atoms with van der Waals surface area (Å²) in [7, 11) is -3.67. The van der Waals surface area contributed by atoms with Crippen molar-refractivity contribution in [2.75, 3.05) is 13.1 Å². The summed E-state index contributed by atoms with van der Waals surface area (Å²) in [6, 6.07) is 14.1. The Bertz CT molecular complexity index is 1250. The first-order valence-electron chi connectivity index (χ1n) is 9.34. The largest absolute Gasteiger partial charge is 0.271 e. The molecule has 0 saturated heterocycles. The molecule has 9 heteroatoms. The number of rotatable bonds is 6. The third-order valence-electron chi connectivity index (χ3n) is 4.75. The molecule has 1 aromatic carbocycles. The number of hydrogen-bond acceptors (Lipinski definition) is 7. The number of nitrogens with zero attached hydrogens (tertiary/aromatic N) is 4. The van der Waals surface area contributed by atoms with Gasteiger partial charge in [-0.25, -0.2) is 8.42 Å². The molecular weight excluding hydrogens is 402 g/mol. The molecule has 0 atom stereocenters. The van der Waals surface area contributed by atoms with Gasteiger partial charge >= 0.3 is 0 Å². The maximum atomic E-state index is 13.1. The van der Waals surface area contributed by atoms with Gasteiger partial charge in [-0.3, -0.25) is 20.3 Å². The number of aromatic nitrogens is 2. The first-order valence-corrected chi connectivity index (χ1v) is 10.8. The molecule has 152 valence electrons. The molecule has 0 radical (unpaired) electrons. The van der Waals surface area contributed by atoms with Crippen molar-refractivity contribution in [2.24, 2.45) is 0 Å². The zero-order chi connectivity index (χ0) is 21.0. The van der Waals surface area contributed by atoms with Crippen LogP contribution in [0.4, 0.5) is 0 Å². The molecule has 0 bridgehead atoms. The summed E-state index contributed by atoms with van der Waals surface area (Å²) < 4.78 is 27.7. The topological polar surface area (TPSA) is 108 Å². The molecular formula is C21H19N5O3S. The number of sulfonamides is 1. The van der Waals surface area contributed by atoms with Crippen LogP contribution in [0.3, 0.4) is 0 Å². The lowest BCUT2D eigenvalue weighted by Gasteiger charge is -2.26. The van der Waals surface area contributed by atoms with Gasteiger partial charge in [-0.2, -0.15) is 9.57 Å². The molecule has 0 fully saturated rings. The van der Waals surface area contributed by atoms with Crippen LogP contribution < -0.4 is 5.48 Å². The molecule has 0 amide bonds. The van der Waals surface area contributed by atoms with Crippen molar-refractivity contribution >= 4 is 20.9 Å². The van der Waals surface area contributed by atoms with Crippen molar-refractivity contribution < 1.29 is 13.3 Å². The molecule has 1 N–H and O–H groups in total. The SMILES string of the molecule is N#Cc1ccnc(CONC2=CCN(S(=O)(=O)c3cccc4cccnc34)CC2)c1. The maximum Gasteiger partial charge on any atom is 0.245 e. The Balaban J connectivity index is 1.41. The molecule has 1 aliphatic rings. The van der Waals surface area contributed by atoms with Gasteiger partial charge in [0.1, 0.15) is 11.5 Å². The smallest absolute Gasteiger partial charge is 0.245 e. The zero-order valence-corrected chi connectivity index (χ0v) is 16.8. The molecule has 0 saturated carbocycles. The van der Waals surface area contributed by atoms with Gasteiger partial charge in [0.25, 0.3) is 0 Å². The summed E-state index contributed by atoms with van der Waals surface area (Å²) in [6.45, 7) is 0.756. The average molecular weight is 421 g/mol. The Morgan fingerprint density at radius 2 is 2.03 bits per heavy atom. The van der Waals surface area contributed by atoms with E-state index in [2.05, 4.69) is 21.5 Å². The minimum Gasteiger partial charge on any atom is -0.271 e. The molecule has 1 aliphatic heterocycles. The number of benzene rings is 1. The van der Waals surface area contributed by atoms with E-state index in [4.69, 9.17) is 10.1 Å². The monoisotopic (exact) mass is 421 g/mol. The van der Waals surface area contributed by atoms with Gasteiger partial charge < -0.3 is 0 Å². The zero-order valence-electron chi connectivity index (χ0n) is 16.0. The highest BCUT2D eigenvalue weighted by Crippen LogP contribution is 2.25. The summed E-state index contributed by atoms with van der Waals surface area (Å²) in [5.41, 5.74) is 5.28. The first kappa shape index (κ1) is 20.0. The molecule has 2 aromatic heterocycles. The van der Waals surface area contributed by atoms with E-state index in [1.807, 2.05) is 12.1 Å². The molecule has 0 aliphatic carbocycles. The lowest BCUT2D eigenvalue weighted by atomic mass is 10.2. The number of hydroxylamine groups is 1. The van der Waals surface area contributed by atoms with Crippen LogP contribution in [-0.2, 0) is 21.5 Å². The van der Waals surface area contributed by atoms with Crippen LogP contribution in [0, 0.1) is 11.3 Å². The van der Waals surface area contributed by atoms with Gasteiger partial charge in [-0.15, -0.1) is 0 Å². The number of hydrogen-bond donors (Lipinski definition) is 1. The van der Waals surface area contributed by atoms with Crippen LogP contribution in [-0.4, -0.2) is 35.8 Å². The van der Waals surface area contributed by atoms with E-state index >= 15 is 0 Å². The second kappa shape index (κ2) is 8.59. The fraction of sp³-hybridized carbons (Fsp3) is 0.190. The molecule has 0 unspecified atom stereocenters. The fourth-order valence-electron chi connectivity index (χ4n) is 3.21. The quantitative estimate of drug-likeness (QED) is 0.609. The summed E-state index contributed by atoms with van der Waals surface area (Å²) in [5.74, 6) is 0. The van der Waals surface area contributed by atoms with Gasteiger partial charge in [0.2, 0.25) is 10.0 Å². The molecule has 30 heavy (non-hydrogen) atoms. The van der Waals surface area contributed by atoms with Crippen LogP contribution in [0.25, 0.3) is 10.9 Å². The van der Waals surface area contributed by atoms with Crippen molar-refractivity contribution in [2.45, 2.75) is 17.9 Å². The fourth-order valence-corrected chi connectivity index (χ4v) is 4.76. The van der Waals surface area contributed by atoms with E-state index in [-0.39, 0.29) is 18.0 Å². The normalized spacial score (nSPS) is 14.8. The van der Waals surface area contributed by atoms with Crippen molar-refractivity contribution in [3.05, 3.63) is 77.9 Å². The molecule has 4 rings (SSSR count). The predicted octanol–water partition coefficient (Wildman–Crippen LogP) is 2.50. The van der Waals surface area contributed by atoms with E-state index in [1.165, 1.54) is 4.31 Å². The molecule has 3 aromatic rings. The van der Waals surface area contributed by atoms with Crippen molar-refractivity contribution in [3.8, 4) is 6.07 Å². The summed E-state index contributed by atoms with van der Waals surface area (Å²) in [6.07, 6.45) is 5.43. The van der Waals surface area contributed by atoms with Crippen LogP contribution >= 0.6 is 0 Å². The van der Waals surface area contributed by atoms with Crippen molar-refractivity contribution in [1.82, 2.24) is 19.8 Å². The van der Waals surface area contributed by atoms with Gasteiger partial charge in [-0.1, -0.05) is 18.2 Å². The Hall–Kier alpha value is -3.32. The van der Waals surface area contributed by atoms with Crippen LogP contribution in [0.15, 0.2) is 71.5 Å². The van der Waals surface area contributed by atoms with Crippen molar-refractivity contribution in [3.63, 3.8) is 0 Å². The number of nitriles is 1. The van der Waals surface area contributed by atoms with E-state index in [0.717, 1.165) is 11.1 Å².